The van der Waals surface area contributed by atoms with E-state index in [0.29, 0.717) is 0 Å². The smallest absolute Gasteiger partial charge is 0.0688 e. The van der Waals surface area contributed by atoms with E-state index in [9.17, 15) is 0 Å². The lowest BCUT2D eigenvalue weighted by atomic mass is 9.64. The van der Waals surface area contributed by atoms with Crippen LogP contribution in [0, 0.1) is 11.8 Å². The Bertz CT molecular complexity index is 161. The Labute approximate surface area is 91.3 Å². The Balaban J connectivity index is 2.44. The summed E-state index contributed by atoms with van der Waals surface area (Å²) in [7, 11) is 6.24. The molecule has 0 aromatic heterocycles. The molecule has 1 saturated carbocycles. The molecule has 2 unspecified atom stereocenters. The number of hydrogen-bond donors (Lipinski definition) is 0. The summed E-state index contributed by atoms with van der Waals surface area (Å²) in [6.45, 7) is 6.96. The van der Waals surface area contributed by atoms with Gasteiger partial charge in [-0.05, 0) is 11.8 Å². The molecule has 0 aliphatic heterocycles. The van der Waals surface area contributed by atoms with Gasteiger partial charge in [0.1, 0.15) is 0 Å². The van der Waals surface area contributed by atoms with E-state index in [2.05, 4.69) is 20.8 Å². The maximum atomic E-state index is 6.24. The molecule has 0 aromatic carbocycles. The van der Waals surface area contributed by atoms with E-state index in [1.54, 1.807) is 0 Å². The van der Waals surface area contributed by atoms with Crippen LogP contribution in [-0.2, 0) is 0 Å². The van der Waals surface area contributed by atoms with Crippen LogP contribution in [0.5, 0.6) is 0 Å². The third-order valence-electron chi connectivity index (χ3n) is 3.84. The van der Waals surface area contributed by atoms with Crippen LogP contribution >= 0.6 is 0 Å². The predicted molar refractivity (Wildman–Crippen MR) is 64.8 cm³/mol. The van der Waals surface area contributed by atoms with Gasteiger partial charge in [-0.1, -0.05) is 71.0 Å². The first kappa shape index (κ1) is 12.1. The molecule has 0 amide bonds. The zero-order valence-corrected chi connectivity index (χ0v) is 10.2. The molecule has 1 aliphatic carbocycles. The minimum Gasteiger partial charge on any atom is -0.0688 e. The molecule has 1 heteroatoms. The molecule has 0 aromatic rings. The van der Waals surface area contributed by atoms with Crippen molar-refractivity contribution < 1.29 is 0 Å². The van der Waals surface area contributed by atoms with Gasteiger partial charge in [0.2, 0.25) is 0 Å². The first-order valence-electron chi connectivity index (χ1n) is 6.30. The van der Waals surface area contributed by atoms with Gasteiger partial charge in [-0.15, -0.1) is 0 Å². The van der Waals surface area contributed by atoms with Gasteiger partial charge >= 0.3 is 0 Å². The fourth-order valence-corrected chi connectivity index (χ4v) is 2.64. The summed E-state index contributed by atoms with van der Waals surface area (Å²) in [5, 5.41) is 0.117. The standard InChI is InChI=1S/C13H25B/c1-11(2)12-7-4-5-9-13(3,14)10-6-8-12/h11-12H,4-10H2,1-3H3. The molecule has 2 radical (unpaired) electrons. The SMILES string of the molecule is [B]C1(C)CCCCC(C(C)C)CCC1. The molecule has 0 N–H and O–H groups in total. The van der Waals surface area contributed by atoms with Crippen LogP contribution < -0.4 is 0 Å². The maximum absolute atomic E-state index is 6.24. The second-order valence-corrected chi connectivity index (χ2v) is 5.80. The fourth-order valence-electron chi connectivity index (χ4n) is 2.64. The van der Waals surface area contributed by atoms with Crippen molar-refractivity contribution in [2.45, 2.75) is 71.0 Å². The highest BCUT2D eigenvalue weighted by atomic mass is 14.2. The molecule has 0 saturated heterocycles. The second kappa shape index (κ2) is 5.23. The van der Waals surface area contributed by atoms with Crippen LogP contribution in [0.3, 0.4) is 0 Å². The zero-order valence-electron chi connectivity index (χ0n) is 10.2. The summed E-state index contributed by atoms with van der Waals surface area (Å²) in [5.41, 5.74) is 0. The minimum atomic E-state index is 0.117. The van der Waals surface area contributed by atoms with Crippen LogP contribution in [0.25, 0.3) is 0 Å². The summed E-state index contributed by atoms with van der Waals surface area (Å²) in [5.74, 6) is 1.81. The molecule has 1 aliphatic rings. The highest BCUT2D eigenvalue weighted by Crippen LogP contribution is 2.38. The van der Waals surface area contributed by atoms with Gasteiger partial charge in [-0.2, -0.15) is 0 Å². The lowest BCUT2D eigenvalue weighted by molar-refractivity contribution is 0.323. The van der Waals surface area contributed by atoms with Gasteiger partial charge in [0.05, 0.1) is 7.85 Å². The maximum Gasteiger partial charge on any atom is 0.0742 e. The molecular weight excluding hydrogens is 167 g/mol. The number of hydrogen-bond acceptors (Lipinski definition) is 0. The lowest BCUT2D eigenvalue weighted by Crippen LogP contribution is -2.09. The molecule has 0 spiro atoms. The molecule has 0 heterocycles. The Morgan fingerprint density at radius 1 is 1.07 bits per heavy atom. The van der Waals surface area contributed by atoms with Crippen LogP contribution in [0.4, 0.5) is 0 Å². The molecular formula is C13H25B. The van der Waals surface area contributed by atoms with Gasteiger partial charge < -0.3 is 0 Å². The minimum absolute atomic E-state index is 0.117. The summed E-state index contributed by atoms with van der Waals surface area (Å²) in [4.78, 5) is 0. The van der Waals surface area contributed by atoms with E-state index < -0.39 is 0 Å². The summed E-state index contributed by atoms with van der Waals surface area (Å²) in [6, 6.07) is 0. The topological polar surface area (TPSA) is 0 Å². The first-order valence-corrected chi connectivity index (χ1v) is 6.30. The largest absolute Gasteiger partial charge is 0.0742 e. The molecule has 0 bridgehead atoms. The van der Waals surface area contributed by atoms with E-state index >= 15 is 0 Å². The quantitative estimate of drug-likeness (QED) is 0.542. The van der Waals surface area contributed by atoms with E-state index in [0.717, 1.165) is 11.8 Å². The molecule has 1 rings (SSSR count). The van der Waals surface area contributed by atoms with Crippen molar-refractivity contribution in [2.24, 2.45) is 11.8 Å². The fraction of sp³-hybridized carbons (Fsp3) is 1.00. The van der Waals surface area contributed by atoms with Crippen LogP contribution in [-0.4, -0.2) is 7.85 Å². The Hall–Kier alpha value is 0.0649. The van der Waals surface area contributed by atoms with E-state index in [1.807, 2.05) is 0 Å². The van der Waals surface area contributed by atoms with Crippen molar-refractivity contribution in [2.75, 3.05) is 0 Å². The van der Waals surface area contributed by atoms with Crippen molar-refractivity contribution in [1.82, 2.24) is 0 Å². The van der Waals surface area contributed by atoms with Crippen LogP contribution in [0.1, 0.15) is 65.7 Å². The normalized spacial score (nSPS) is 36.1. The Kier molecular flexibility index (Phi) is 4.54. The van der Waals surface area contributed by atoms with Crippen LogP contribution in [0.2, 0.25) is 5.31 Å². The van der Waals surface area contributed by atoms with Crippen molar-refractivity contribution in [1.29, 1.82) is 0 Å². The van der Waals surface area contributed by atoms with Gasteiger partial charge in [0, 0.05) is 0 Å². The average molecular weight is 192 g/mol. The van der Waals surface area contributed by atoms with E-state index in [4.69, 9.17) is 7.85 Å². The van der Waals surface area contributed by atoms with Crippen LogP contribution in [0.15, 0.2) is 0 Å². The van der Waals surface area contributed by atoms with Gasteiger partial charge in [-0.25, -0.2) is 0 Å². The Morgan fingerprint density at radius 3 is 2.29 bits per heavy atom. The first-order chi connectivity index (χ1) is 6.51. The van der Waals surface area contributed by atoms with Crippen molar-refractivity contribution in [3.05, 3.63) is 0 Å². The average Bonchev–Trinajstić information content (AvgIpc) is 2.15. The highest BCUT2D eigenvalue weighted by molar-refractivity contribution is 6.14. The van der Waals surface area contributed by atoms with Crippen molar-refractivity contribution >= 4 is 7.85 Å². The third kappa shape index (κ3) is 4.06. The zero-order chi connectivity index (χ0) is 10.6. The summed E-state index contributed by atoms with van der Waals surface area (Å²) >= 11 is 0. The van der Waals surface area contributed by atoms with Gasteiger partial charge in [0.15, 0.2) is 0 Å². The van der Waals surface area contributed by atoms with Gasteiger partial charge in [0.25, 0.3) is 0 Å². The highest BCUT2D eigenvalue weighted by Gasteiger charge is 2.21. The summed E-state index contributed by atoms with van der Waals surface area (Å²) in [6.07, 6.45) is 9.30. The third-order valence-corrected chi connectivity index (χ3v) is 3.84. The van der Waals surface area contributed by atoms with E-state index in [-0.39, 0.29) is 5.31 Å². The molecule has 14 heavy (non-hydrogen) atoms. The predicted octanol–water partition coefficient (Wildman–Crippen LogP) is 4.35. The molecule has 0 nitrogen and oxygen atoms in total. The molecule has 80 valence electrons. The van der Waals surface area contributed by atoms with Gasteiger partial charge in [-0.3, -0.25) is 0 Å². The lowest BCUT2D eigenvalue weighted by Gasteiger charge is -2.24. The second-order valence-electron chi connectivity index (χ2n) is 5.80. The summed E-state index contributed by atoms with van der Waals surface area (Å²) < 4.78 is 0. The van der Waals surface area contributed by atoms with E-state index in [1.165, 1.54) is 44.9 Å². The number of rotatable bonds is 1. The molecule has 2 atom stereocenters. The van der Waals surface area contributed by atoms with Crippen molar-refractivity contribution in [3.8, 4) is 0 Å². The van der Waals surface area contributed by atoms with Crippen molar-refractivity contribution in [3.63, 3.8) is 0 Å². The Morgan fingerprint density at radius 2 is 1.64 bits per heavy atom. The monoisotopic (exact) mass is 192 g/mol. The molecule has 1 fully saturated rings.